The summed E-state index contributed by atoms with van der Waals surface area (Å²) >= 11 is 5.95. The van der Waals surface area contributed by atoms with Crippen LogP contribution in [0.5, 0.6) is 5.88 Å². The number of carbonyl (C=O) groups is 1. The minimum Gasteiger partial charge on any atom is -0.493 e. The molecule has 0 spiro atoms. The Morgan fingerprint density at radius 2 is 2.06 bits per heavy atom. The predicted molar refractivity (Wildman–Crippen MR) is 64.5 cm³/mol. The number of halogens is 1. The average Bonchev–Trinajstić information content (AvgIpc) is 2.53. The molecule has 0 aliphatic heterocycles. The summed E-state index contributed by atoms with van der Waals surface area (Å²) in [6.07, 6.45) is 0. The van der Waals surface area contributed by atoms with Gasteiger partial charge in [0.05, 0.1) is 10.7 Å². The second-order valence-electron chi connectivity index (χ2n) is 3.72. The highest BCUT2D eigenvalue weighted by molar-refractivity contribution is 6.35. The lowest BCUT2D eigenvalue weighted by molar-refractivity contribution is 0.103. The summed E-state index contributed by atoms with van der Waals surface area (Å²) in [4.78, 5) is 12.2. The largest absolute Gasteiger partial charge is 0.493 e. The zero-order valence-electron chi connectivity index (χ0n) is 9.44. The molecule has 0 fully saturated rings. The van der Waals surface area contributed by atoms with E-state index in [1.54, 1.807) is 38.2 Å². The first kappa shape index (κ1) is 11.7. The van der Waals surface area contributed by atoms with E-state index in [-0.39, 0.29) is 17.2 Å². The van der Waals surface area contributed by atoms with Crippen LogP contribution in [-0.2, 0) is 7.05 Å². The van der Waals surface area contributed by atoms with Crippen LogP contribution in [0.3, 0.4) is 0 Å². The Morgan fingerprint density at radius 3 is 2.59 bits per heavy atom. The van der Waals surface area contributed by atoms with Crippen molar-refractivity contribution >= 4 is 17.4 Å². The Morgan fingerprint density at radius 1 is 1.41 bits per heavy atom. The molecule has 17 heavy (non-hydrogen) atoms. The zero-order valence-corrected chi connectivity index (χ0v) is 10.2. The van der Waals surface area contributed by atoms with Crippen molar-refractivity contribution in [2.24, 2.45) is 7.05 Å². The number of carbonyl (C=O) groups excluding carboxylic acids is 1. The van der Waals surface area contributed by atoms with Crippen LogP contribution in [0.25, 0.3) is 0 Å². The maximum absolute atomic E-state index is 12.2. The third kappa shape index (κ3) is 1.91. The summed E-state index contributed by atoms with van der Waals surface area (Å²) in [6, 6.07) is 6.73. The fourth-order valence-corrected chi connectivity index (χ4v) is 1.91. The van der Waals surface area contributed by atoms with E-state index in [0.717, 1.165) is 0 Å². The molecule has 0 aliphatic carbocycles. The Balaban J connectivity index is 2.55. The Bertz CT molecular complexity index is 590. The second kappa shape index (κ2) is 4.22. The fraction of sp³-hybridized carbons (Fsp3) is 0.167. The van der Waals surface area contributed by atoms with Crippen molar-refractivity contribution in [1.82, 2.24) is 9.78 Å². The number of rotatable bonds is 2. The third-order valence-corrected chi connectivity index (χ3v) is 2.87. The maximum atomic E-state index is 12.2. The molecule has 88 valence electrons. The summed E-state index contributed by atoms with van der Waals surface area (Å²) in [5, 5.41) is 14.1. The standard InChI is InChI=1S/C12H11ClN2O2/c1-7-10(12(17)15(2)14-7)11(16)8-5-3-4-6-9(8)13/h3-6,17H,1-2H3. The average molecular weight is 251 g/mol. The van der Waals surface area contributed by atoms with Crippen LogP contribution in [0.2, 0.25) is 5.02 Å². The molecule has 1 aromatic carbocycles. The van der Waals surface area contributed by atoms with E-state index in [4.69, 9.17) is 11.6 Å². The quantitative estimate of drug-likeness (QED) is 0.833. The highest BCUT2D eigenvalue weighted by Gasteiger charge is 2.22. The van der Waals surface area contributed by atoms with Crippen LogP contribution < -0.4 is 0 Å². The van der Waals surface area contributed by atoms with Gasteiger partial charge in [-0.3, -0.25) is 4.79 Å². The Kier molecular flexibility index (Phi) is 2.90. The van der Waals surface area contributed by atoms with Crippen molar-refractivity contribution in [3.05, 3.63) is 46.1 Å². The molecule has 0 saturated carbocycles. The number of aromatic nitrogens is 2. The van der Waals surface area contributed by atoms with Gasteiger partial charge in [-0.25, -0.2) is 4.68 Å². The van der Waals surface area contributed by atoms with Crippen LogP contribution in [0.1, 0.15) is 21.6 Å². The fourth-order valence-electron chi connectivity index (χ4n) is 1.69. The lowest BCUT2D eigenvalue weighted by Gasteiger charge is -2.02. The second-order valence-corrected chi connectivity index (χ2v) is 4.12. The zero-order chi connectivity index (χ0) is 12.6. The number of benzene rings is 1. The molecule has 0 bridgehead atoms. The van der Waals surface area contributed by atoms with Gasteiger partial charge in [-0.2, -0.15) is 5.10 Å². The van der Waals surface area contributed by atoms with Crippen LogP contribution in [0, 0.1) is 6.92 Å². The molecular weight excluding hydrogens is 240 g/mol. The Labute approximate surface area is 103 Å². The molecule has 0 unspecified atom stereocenters. The van der Waals surface area contributed by atoms with Gasteiger partial charge in [-0.1, -0.05) is 23.7 Å². The number of aryl methyl sites for hydroxylation is 2. The molecule has 0 saturated heterocycles. The van der Waals surface area contributed by atoms with Gasteiger partial charge in [0.2, 0.25) is 11.7 Å². The van der Waals surface area contributed by atoms with Crippen molar-refractivity contribution in [1.29, 1.82) is 0 Å². The maximum Gasteiger partial charge on any atom is 0.220 e. The molecular formula is C12H11ClN2O2. The van der Waals surface area contributed by atoms with E-state index >= 15 is 0 Å². The van der Waals surface area contributed by atoms with Gasteiger partial charge in [-0.05, 0) is 19.1 Å². The summed E-state index contributed by atoms with van der Waals surface area (Å²) in [5.74, 6) is -0.467. The molecule has 5 heteroatoms. The predicted octanol–water partition coefficient (Wildman–Crippen LogP) is 2.32. The lowest BCUT2D eigenvalue weighted by atomic mass is 10.0. The summed E-state index contributed by atoms with van der Waals surface area (Å²) < 4.78 is 1.26. The van der Waals surface area contributed by atoms with Crippen molar-refractivity contribution in [3.63, 3.8) is 0 Å². The molecule has 1 aromatic heterocycles. The normalized spacial score (nSPS) is 10.5. The van der Waals surface area contributed by atoms with Crippen LogP contribution >= 0.6 is 11.6 Å². The van der Waals surface area contributed by atoms with E-state index in [2.05, 4.69) is 5.10 Å². The number of ketones is 1. The van der Waals surface area contributed by atoms with Gasteiger partial charge in [-0.15, -0.1) is 0 Å². The van der Waals surface area contributed by atoms with Gasteiger partial charge in [0.15, 0.2) is 0 Å². The van der Waals surface area contributed by atoms with Gasteiger partial charge in [0.1, 0.15) is 5.56 Å². The Hall–Kier alpha value is -1.81. The van der Waals surface area contributed by atoms with E-state index in [0.29, 0.717) is 16.3 Å². The van der Waals surface area contributed by atoms with Gasteiger partial charge < -0.3 is 5.11 Å². The first-order valence-electron chi connectivity index (χ1n) is 5.04. The summed E-state index contributed by atoms with van der Waals surface area (Å²) in [6.45, 7) is 1.67. The van der Waals surface area contributed by atoms with Gasteiger partial charge in [0.25, 0.3) is 0 Å². The molecule has 0 aliphatic rings. The van der Waals surface area contributed by atoms with E-state index < -0.39 is 0 Å². The molecule has 1 heterocycles. The molecule has 4 nitrogen and oxygen atoms in total. The topological polar surface area (TPSA) is 55.1 Å². The number of aromatic hydroxyl groups is 1. The first-order valence-corrected chi connectivity index (χ1v) is 5.42. The molecule has 2 rings (SSSR count). The van der Waals surface area contributed by atoms with Crippen LogP contribution in [0.4, 0.5) is 0 Å². The molecule has 1 N–H and O–H groups in total. The summed E-state index contributed by atoms with van der Waals surface area (Å²) in [5.41, 5.74) is 1.04. The monoisotopic (exact) mass is 250 g/mol. The highest BCUT2D eigenvalue weighted by Crippen LogP contribution is 2.26. The van der Waals surface area contributed by atoms with Crippen molar-refractivity contribution in [3.8, 4) is 5.88 Å². The van der Waals surface area contributed by atoms with Crippen LogP contribution in [-0.4, -0.2) is 20.7 Å². The van der Waals surface area contributed by atoms with Crippen molar-refractivity contribution in [2.45, 2.75) is 6.92 Å². The highest BCUT2D eigenvalue weighted by atomic mass is 35.5. The van der Waals surface area contributed by atoms with Gasteiger partial charge >= 0.3 is 0 Å². The van der Waals surface area contributed by atoms with Crippen molar-refractivity contribution < 1.29 is 9.90 Å². The van der Waals surface area contributed by atoms with Crippen LogP contribution in [0.15, 0.2) is 24.3 Å². The molecule has 0 amide bonds. The lowest BCUT2D eigenvalue weighted by Crippen LogP contribution is -2.03. The summed E-state index contributed by atoms with van der Waals surface area (Å²) in [7, 11) is 1.58. The van der Waals surface area contributed by atoms with E-state index in [9.17, 15) is 9.90 Å². The SMILES string of the molecule is Cc1nn(C)c(O)c1C(=O)c1ccccc1Cl. The number of hydrogen-bond acceptors (Lipinski definition) is 3. The first-order chi connectivity index (χ1) is 8.02. The molecule has 0 atom stereocenters. The number of hydrogen-bond donors (Lipinski definition) is 1. The minimum atomic E-state index is -0.321. The minimum absolute atomic E-state index is 0.146. The van der Waals surface area contributed by atoms with E-state index in [1.807, 2.05) is 0 Å². The third-order valence-electron chi connectivity index (χ3n) is 2.54. The number of nitrogens with zero attached hydrogens (tertiary/aromatic N) is 2. The molecule has 0 radical (unpaired) electrons. The van der Waals surface area contributed by atoms with Crippen molar-refractivity contribution in [2.75, 3.05) is 0 Å². The van der Waals surface area contributed by atoms with Gasteiger partial charge in [0, 0.05) is 12.6 Å². The smallest absolute Gasteiger partial charge is 0.220 e. The molecule has 2 aromatic rings. The van der Waals surface area contributed by atoms with E-state index in [1.165, 1.54) is 4.68 Å².